The average Bonchev–Trinajstić information content (AvgIpc) is 3.72. The topological polar surface area (TPSA) is 109 Å². The zero-order chi connectivity index (χ0) is 27.7. The lowest BCUT2D eigenvalue weighted by Gasteiger charge is -2.39. The molecule has 4 bridgehead atoms. The second kappa shape index (κ2) is 13.3. The Balaban J connectivity index is 0.000000211. The van der Waals surface area contributed by atoms with Crippen LogP contribution in [-0.2, 0) is 10.2 Å². The van der Waals surface area contributed by atoms with Crippen molar-refractivity contribution in [3.8, 4) is 17.2 Å². The minimum atomic E-state index is 0. The molecule has 3 aromatic carbocycles. The molecule has 4 atom stereocenters. The summed E-state index contributed by atoms with van der Waals surface area (Å²) in [5.74, 6) is 4.42. The number of carbonyl (C=O) groups excluding carboxylic acids is 1. The minimum Gasteiger partial charge on any atom is -0.508 e. The highest BCUT2D eigenvalue weighted by molar-refractivity contribution is 5.85. The number of benzene rings is 3. The number of aryl methyl sites for hydroxylation is 3. The third-order valence-electron chi connectivity index (χ3n) is 9.87. The van der Waals surface area contributed by atoms with Gasteiger partial charge in [0.25, 0.3) is 0 Å². The maximum Gasteiger partial charge on any atom is 0.136 e. The molecule has 0 heterocycles. The van der Waals surface area contributed by atoms with Crippen LogP contribution in [0.3, 0.4) is 0 Å². The first-order chi connectivity index (χ1) is 18.7. The van der Waals surface area contributed by atoms with E-state index in [2.05, 4.69) is 24.3 Å². The summed E-state index contributed by atoms with van der Waals surface area (Å²) >= 11 is 0. The summed E-state index contributed by atoms with van der Waals surface area (Å²) in [7, 11) is 0. The normalized spacial score (nSPS) is 24.3. The summed E-state index contributed by atoms with van der Waals surface area (Å²) in [5.41, 5.74) is 5.50. The number of hydrogen-bond donors (Lipinski definition) is 3. The molecule has 4 saturated carbocycles. The lowest BCUT2D eigenvalue weighted by Crippen LogP contribution is -2.34. The molecule has 0 aromatic heterocycles. The van der Waals surface area contributed by atoms with Crippen LogP contribution in [0.25, 0.3) is 0 Å². The number of para-hydroxylation sites is 1. The van der Waals surface area contributed by atoms with Crippen molar-refractivity contribution in [3.05, 3.63) is 88.5 Å². The van der Waals surface area contributed by atoms with Crippen molar-refractivity contribution >= 4 is 18.2 Å². The van der Waals surface area contributed by atoms with Gasteiger partial charge in [0.15, 0.2) is 0 Å². The van der Waals surface area contributed by atoms with Gasteiger partial charge in [-0.15, -0.1) is 12.4 Å². The van der Waals surface area contributed by atoms with Crippen molar-refractivity contribution in [2.24, 2.45) is 23.7 Å². The molecule has 222 valence electrons. The quantitative estimate of drug-likeness (QED) is 0.291. The Labute approximate surface area is 250 Å². The maximum absolute atomic E-state index is 10.8. The zero-order valence-electron chi connectivity index (χ0n) is 24.4. The van der Waals surface area contributed by atoms with Gasteiger partial charge < -0.3 is 20.8 Å². The van der Waals surface area contributed by atoms with Gasteiger partial charge in [0.1, 0.15) is 23.0 Å². The largest absolute Gasteiger partial charge is 0.508 e. The molecule has 4 aliphatic rings. The monoisotopic (exact) mass is 580 g/mol. The van der Waals surface area contributed by atoms with Crippen LogP contribution < -0.4 is 0 Å². The molecule has 0 aliphatic heterocycles. The van der Waals surface area contributed by atoms with Crippen molar-refractivity contribution < 1.29 is 25.6 Å². The molecular formula is C35H45ClO5. The van der Waals surface area contributed by atoms with E-state index in [1.165, 1.54) is 56.1 Å². The first-order valence-electron chi connectivity index (χ1n) is 14.5. The lowest BCUT2D eigenvalue weighted by molar-refractivity contribution is -0.121. The molecule has 41 heavy (non-hydrogen) atoms. The fraction of sp³-hybridized carbons (Fsp3) is 0.457. The predicted molar refractivity (Wildman–Crippen MR) is 166 cm³/mol. The molecular weight excluding hydrogens is 536 g/mol. The van der Waals surface area contributed by atoms with Gasteiger partial charge in [-0.25, -0.2) is 0 Å². The third kappa shape index (κ3) is 6.57. The number of Topliss-reactive ketones (excluding diaryl/α,β-unsaturated/α-hetero) is 1. The molecule has 4 fully saturated rings. The number of hydrogen-bond acceptors (Lipinski definition) is 4. The number of aromatic hydroxyl groups is 3. The number of fused-ring (bicyclic) bond motifs is 4. The Morgan fingerprint density at radius 3 is 1.59 bits per heavy atom. The summed E-state index contributed by atoms with van der Waals surface area (Å²) in [5, 5.41) is 28.8. The molecule has 3 aromatic rings. The second-order valence-corrected chi connectivity index (χ2v) is 12.4. The Morgan fingerprint density at radius 1 is 0.683 bits per heavy atom. The summed E-state index contributed by atoms with van der Waals surface area (Å²) in [4.78, 5) is 10.8. The first-order valence-corrected chi connectivity index (χ1v) is 14.5. The molecule has 7 rings (SSSR count). The standard InChI is InChI=1S/C21H24O2.C7H10O.C7H8O.ClH.H2O/c1-13-9-16(5-7-19(13)22)21(12-15-3-4-18(21)11-15)17-6-8-20(23)14(2)10-17;8-7-4-5-1-2-6(7)3-5;1-6-4-2-3-5-7(6)8;;/h5-10,15,18,22-23H,3-4,11-12H2,1-2H3;5-6H,1-4H2;2-5,8H,1H3;1H;1H2. The number of phenols is 3. The highest BCUT2D eigenvalue weighted by atomic mass is 35.5. The van der Waals surface area contributed by atoms with Crippen LogP contribution in [0.4, 0.5) is 0 Å². The van der Waals surface area contributed by atoms with Crippen LogP contribution in [0, 0.1) is 44.4 Å². The van der Waals surface area contributed by atoms with E-state index in [0.29, 0.717) is 34.9 Å². The Morgan fingerprint density at radius 2 is 1.24 bits per heavy atom. The first kappa shape index (κ1) is 32.5. The number of ketones is 1. The lowest BCUT2D eigenvalue weighted by atomic mass is 9.64. The second-order valence-electron chi connectivity index (χ2n) is 12.4. The number of carbonyl (C=O) groups is 1. The minimum absolute atomic E-state index is 0. The molecule has 0 radical (unpaired) electrons. The smallest absolute Gasteiger partial charge is 0.136 e. The fourth-order valence-electron chi connectivity index (χ4n) is 7.64. The molecule has 0 spiro atoms. The maximum atomic E-state index is 10.8. The number of halogens is 1. The van der Waals surface area contributed by atoms with Gasteiger partial charge in [0.2, 0.25) is 0 Å². The molecule has 4 aliphatic carbocycles. The highest BCUT2D eigenvalue weighted by Gasteiger charge is 2.52. The molecule has 5 nitrogen and oxygen atoms in total. The van der Waals surface area contributed by atoms with Crippen LogP contribution in [0.15, 0.2) is 60.7 Å². The predicted octanol–water partition coefficient (Wildman–Crippen LogP) is 7.49. The van der Waals surface area contributed by atoms with E-state index in [9.17, 15) is 15.0 Å². The Kier molecular flexibility index (Phi) is 10.5. The molecule has 5 N–H and O–H groups in total. The summed E-state index contributed by atoms with van der Waals surface area (Å²) in [6.45, 7) is 5.82. The van der Waals surface area contributed by atoms with Crippen molar-refractivity contribution in [2.75, 3.05) is 0 Å². The van der Waals surface area contributed by atoms with Crippen LogP contribution in [0.1, 0.15) is 79.2 Å². The van der Waals surface area contributed by atoms with Crippen LogP contribution >= 0.6 is 12.4 Å². The van der Waals surface area contributed by atoms with Gasteiger partial charge in [0, 0.05) is 17.8 Å². The molecule has 4 unspecified atom stereocenters. The molecule has 0 amide bonds. The number of rotatable bonds is 2. The van der Waals surface area contributed by atoms with Crippen molar-refractivity contribution in [3.63, 3.8) is 0 Å². The van der Waals surface area contributed by atoms with Gasteiger partial charge in [-0.05, 0) is 123 Å². The van der Waals surface area contributed by atoms with Gasteiger partial charge in [-0.3, -0.25) is 4.79 Å². The Bertz CT molecular complexity index is 1280. The van der Waals surface area contributed by atoms with Crippen molar-refractivity contribution in [1.82, 2.24) is 0 Å². The summed E-state index contributed by atoms with van der Waals surface area (Å²) < 4.78 is 0. The summed E-state index contributed by atoms with van der Waals surface area (Å²) in [6, 6.07) is 19.5. The van der Waals surface area contributed by atoms with Crippen molar-refractivity contribution in [1.29, 1.82) is 0 Å². The van der Waals surface area contributed by atoms with E-state index < -0.39 is 0 Å². The number of phenolic OH excluding ortho intramolecular Hbond substituents is 3. The van der Waals surface area contributed by atoms with Crippen LogP contribution in [-0.4, -0.2) is 26.6 Å². The van der Waals surface area contributed by atoms with E-state index in [0.717, 1.165) is 34.9 Å². The highest BCUT2D eigenvalue weighted by Crippen LogP contribution is 2.60. The third-order valence-corrected chi connectivity index (χ3v) is 9.87. The van der Waals surface area contributed by atoms with Crippen LogP contribution in [0.2, 0.25) is 0 Å². The van der Waals surface area contributed by atoms with Gasteiger partial charge in [-0.2, -0.15) is 0 Å². The average molecular weight is 581 g/mol. The van der Waals surface area contributed by atoms with E-state index in [1.54, 1.807) is 6.07 Å². The Hall–Kier alpha value is -3.02. The van der Waals surface area contributed by atoms with E-state index in [-0.39, 0.29) is 23.3 Å². The molecule has 6 heteroatoms. The van der Waals surface area contributed by atoms with E-state index >= 15 is 0 Å². The van der Waals surface area contributed by atoms with Crippen LogP contribution in [0.5, 0.6) is 17.2 Å². The molecule has 0 saturated heterocycles. The van der Waals surface area contributed by atoms with E-state index in [1.807, 2.05) is 51.1 Å². The fourth-order valence-corrected chi connectivity index (χ4v) is 7.64. The van der Waals surface area contributed by atoms with Gasteiger partial charge >= 0.3 is 0 Å². The zero-order valence-corrected chi connectivity index (χ0v) is 25.2. The van der Waals surface area contributed by atoms with E-state index in [4.69, 9.17) is 5.11 Å². The SMILES string of the molecule is Cc1cc(C2(c3ccc(O)c(C)c3)CC3CCC2C3)ccc1O.Cc1ccccc1O.Cl.O.O=C1CC2CCC1C2. The summed E-state index contributed by atoms with van der Waals surface area (Å²) in [6.07, 6.45) is 9.78. The van der Waals surface area contributed by atoms with Gasteiger partial charge in [0.05, 0.1) is 0 Å². The van der Waals surface area contributed by atoms with Gasteiger partial charge in [-0.1, -0.05) is 48.9 Å². The van der Waals surface area contributed by atoms with Crippen molar-refractivity contribution in [2.45, 2.75) is 77.6 Å².